The lowest BCUT2D eigenvalue weighted by Gasteiger charge is -2.31. The zero-order chi connectivity index (χ0) is 13.8. The van der Waals surface area contributed by atoms with Crippen LogP contribution in [0.15, 0.2) is 0 Å². The second-order valence-electron chi connectivity index (χ2n) is 5.23. The normalized spacial score (nSPS) is 14.9. The van der Waals surface area contributed by atoms with Crippen molar-refractivity contribution in [3.05, 3.63) is 0 Å². The van der Waals surface area contributed by atoms with Gasteiger partial charge < -0.3 is 20.4 Å². The molecule has 0 aliphatic heterocycles. The molecule has 0 spiro atoms. The molecule has 0 radical (unpaired) electrons. The van der Waals surface area contributed by atoms with E-state index < -0.39 is 23.5 Å². The smallest absolute Gasteiger partial charge is 0.326 e. The summed E-state index contributed by atoms with van der Waals surface area (Å²) in [4.78, 5) is 24.1. The minimum Gasteiger partial charge on any atom is -0.480 e. The Kier molecular flexibility index (Phi) is 5.41. The molecule has 0 rings (SSSR count). The van der Waals surface area contributed by atoms with Crippen LogP contribution < -0.4 is 5.32 Å². The summed E-state index contributed by atoms with van der Waals surface area (Å²) in [6, 6.07) is -1.83. The van der Waals surface area contributed by atoms with Gasteiger partial charge in [0.25, 0.3) is 0 Å². The lowest BCUT2D eigenvalue weighted by molar-refractivity contribution is -0.142. The van der Waals surface area contributed by atoms with Crippen LogP contribution in [0.1, 0.15) is 27.7 Å². The van der Waals surface area contributed by atoms with Crippen LogP contribution >= 0.6 is 0 Å². The summed E-state index contributed by atoms with van der Waals surface area (Å²) < 4.78 is 0. The van der Waals surface area contributed by atoms with E-state index >= 15 is 0 Å². The van der Waals surface area contributed by atoms with Crippen LogP contribution in [-0.2, 0) is 4.79 Å². The molecule has 6 nitrogen and oxygen atoms in total. The first-order valence-corrected chi connectivity index (χ1v) is 5.48. The molecule has 3 N–H and O–H groups in total. The average Bonchev–Trinajstić information content (AvgIpc) is 2.21. The number of likely N-dealkylation sites (N-methyl/N-ethyl adjacent to an activating group) is 1. The van der Waals surface area contributed by atoms with Gasteiger partial charge in [-0.25, -0.2) is 9.59 Å². The molecule has 0 saturated carbocycles. The van der Waals surface area contributed by atoms with Crippen LogP contribution in [0.3, 0.4) is 0 Å². The van der Waals surface area contributed by atoms with Crippen LogP contribution in [0.5, 0.6) is 0 Å². The van der Waals surface area contributed by atoms with E-state index in [1.807, 2.05) is 0 Å². The summed E-state index contributed by atoms with van der Waals surface area (Å²) in [5.41, 5.74) is -0.579. The highest BCUT2D eigenvalue weighted by molar-refractivity contribution is 5.83. The first kappa shape index (κ1) is 15.7. The highest BCUT2D eigenvalue weighted by atomic mass is 16.4. The molecule has 1 unspecified atom stereocenters. The number of hydrogen-bond donors (Lipinski definition) is 3. The Morgan fingerprint density at radius 3 is 2.12 bits per heavy atom. The lowest BCUT2D eigenvalue weighted by atomic mass is 9.87. The molecule has 6 heteroatoms. The summed E-state index contributed by atoms with van der Waals surface area (Å²) in [5, 5.41) is 20.4. The third-order valence-electron chi connectivity index (χ3n) is 2.63. The third-order valence-corrected chi connectivity index (χ3v) is 2.63. The number of carboxylic acid groups (broad SMARTS) is 1. The predicted octanol–water partition coefficient (Wildman–Crippen LogP) is 0.508. The van der Waals surface area contributed by atoms with Crippen molar-refractivity contribution in [3.63, 3.8) is 0 Å². The number of aliphatic carboxylic acids is 1. The third kappa shape index (κ3) is 4.60. The van der Waals surface area contributed by atoms with Crippen molar-refractivity contribution >= 4 is 12.0 Å². The molecule has 0 bridgehead atoms. The Balaban J connectivity index is 4.69. The van der Waals surface area contributed by atoms with E-state index in [0.717, 1.165) is 0 Å². The molecule has 0 aromatic carbocycles. The topological polar surface area (TPSA) is 89.9 Å². The molecule has 0 saturated heterocycles. The molecule has 0 aliphatic rings. The molecule has 0 aromatic rings. The molecular weight excluding hydrogens is 224 g/mol. The number of rotatable bonds is 4. The van der Waals surface area contributed by atoms with Gasteiger partial charge in [0.05, 0.1) is 12.6 Å². The molecule has 0 fully saturated rings. The van der Waals surface area contributed by atoms with Gasteiger partial charge in [-0.3, -0.25) is 0 Å². The van der Waals surface area contributed by atoms with E-state index in [-0.39, 0.29) is 12.6 Å². The van der Waals surface area contributed by atoms with Gasteiger partial charge in [0.2, 0.25) is 0 Å². The van der Waals surface area contributed by atoms with E-state index in [2.05, 4.69) is 5.32 Å². The number of aliphatic hydroxyl groups excluding tert-OH is 1. The summed E-state index contributed by atoms with van der Waals surface area (Å²) >= 11 is 0. The van der Waals surface area contributed by atoms with Gasteiger partial charge >= 0.3 is 12.0 Å². The largest absolute Gasteiger partial charge is 0.480 e. The minimum atomic E-state index is -1.07. The minimum absolute atomic E-state index is 0.169. The van der Waals surface area contributed by atoms with Gasteiger partial charge in [0.1, 0.15) is 6.04 Å². The van der Waals surface area contributed by atoms with Gasteiger partial charge in [0, 0.05) is 7.05 Å². The van der Waals surface area contributed by atoms with Gasteiger partial charge in [-0.15, -0.1) is 0 Å². The summed E-state index contributed by atoms with van der Waals surface area (Å²) in [5.74, 6) is -1.07. The Bertz CT molecular complexity index is 286. The monoisotopic (exact) mass is 246 g/mol. The second kappa shape index (κ2) is 5.86. The second-order valence-corrected chi connectivity index (χ2v) is 5.23. The number of nitrogens with one attached hydrogen (secondary N) is 1. The highest BCUT2D eigenvalue weighted by Crippen LogP contribution is 2.19. The van der Waals surface area contributed by atoms with Gasteiger partial charge in [0.15, 0.2) is 0 Å². The maximum atomic E-state index is 11.7. The molecule has 0 aliphatic carbocycles. The standard InChI is InChI=1S/C11H22N2O4/c1-7(6-14)13(5)10(17)12-8(9(15)16)11(2,3)4/h7-8,14H,6H2,1-5H3,(H,12,17)(H,15,16)/t7?,8-/m1/s1. The fraction of sp³-hybridized carbons (Fsp3) is 0.818. The SMILES string of the molecule is CC(CO)N(C)C(=O)N[C@H](C(=O)O)C(C)(C)C. The van der Waals surface area contributed by atoms with Crippen LogP contribution in [0, 0.1) is 5.41 Å². The number of aliphatic hydroxyl groups is 1. The zero-order valence-electron chi connectivity index (χ0n) is 11.0. The molecule has 0 heterocycles. The quantitative estimate of drug-likeness (QED) is 0.674. The molecule has 2 amide bonds. The summed E-state index contributed by atoms with van der Waals surface area (Å²) in [6.07, 6.45) is 0. The zero-order valence-corrected chi connectivity index (χ0v) is 11.0. The van der Waals surface area contributed by atoms with E-state index in [9.17, 15) is 9.59 Å². The number of hydrogen-bond acceptors (Lipinski definition) is 3. The Morgan fingerprint density at radius 2 is 1.82 bits per heavy atom. The fourth-order valence-electron chi connectivity index (χ4n) is 1.20. The van der Waals surface area contributed by atoms with Crippen molar-refractivity contribution < 1.29 is 19.8 Å². The average molecular weight is 246 g/mol. The Morgan fingerprint density at radius 1 is 1.35 bits per heavy atom. The number of amides is 2. The maximum absolute atomic E-state index is 11.7. The van der Waals surface area contributed by atoms with Gasteiger partial charge in [-0.2, -0.15) is 0 Å². The number of carbonyl (C=O) groups is 2. The van der Waals surface area contributed by atoms with E-state index in [4.69, 9.17) is 10.2 Å². The van der Waals surface area contributed by atoms with E-state index in [1.54, 1.807) is 27.7 Å². The number of carbonyl (C=O) groups excluding carboxylic acids is 1. The van der Waals surface area contributed by atoms with Crippen LogP contribution in [0.4, 0.5) is 4.79 Å². The van der Waals surface area contributed by atoms with Gasteiger partial charge in [-0.05, 0) is 12.3 Å². The number of carboxylic acids is 1. The van der Waals surface area contributed by atoms with Crippen molar-refractivity contribution in [3.8, 4) is 0 Å². The van der Waals surface area contributed by atoms with Crippen molar-refractivity contribution in [1.29, 1.82) is 0 Å². The van der Waals surface area contributed by atoms with E-state index in [1.165, 1.54) is 11.9 Å². The summed E-state index contributed by atoms with van der Waals surface area (Å²) in [7, 11) is 1.51. The lowest BCUT2D eigenvalue weighted by Crippen LogP contribution is -2.54. The first-order chi connectivity index (χ1) is 7.61. The number of urea groups is 1. The van der Waals surface area contributed by atoms with Gasteiger partial charge in [-0.1, -0.05) is 20.8 Å². The van der Waals surface area contributed by atoms with Crippen molar-refractivity contribution in [2.75, 3.05) is 13.7 Å². The van der Waals surface area contributed by atoms with Crippen molar-refractivity contribution in [2.45, 2.75) is 39.8 Å². The molecule has 100 valence electrons. The van der Waals surface area contributed by atoms with Crippen LogP contribution in [0.2, 0.25) is 0 Å². The molecule has 2 atom stereocenters. The predicted molar refractivity (Wildman–Crippen MR) is 63.7 cm³/mol. The molecule has 17 heavy (non-hydrogen) atoms. The maximum Gasteiger partial charge on any atom is 0.326 e. The van der Waals surface area contributed by atoms with E-state index in [0.29, 0.717) is 0 Å². The Hall–Kier alpha value is -1.30. The van der Waals surface area contributed by atoms with Crippen LogP contribution in [0.25, 0.3) is 0 Å². The highest BCUT2D eigenvalue weighted by Gasteiger charge is 2.33. The summed E-state index contributed by atoms with van der Waals surface area (Å²) in [6.45, 7) is 6.72. The fourth-order valence-corrected chi connectivity index (χ4v) is 1.20. The van der Waals surface area contributed by atoms with Crippen LogP contribution in [-0.4, -0.2) is 52.9 Å². The first-order valence-electron chi connectivity index (χ1n) is 5.48. The molecular formula is C11H22N2O4. The number of nitrogens with zero attached hydrogens (tertiary/aromatic N) is 1. The molecule has 0 aromatic heterocycles. The van der Waals surface area contributed by atoms with Crippen molar-refractivity contribution in [2.24, 2.45) is 5.41 Å². The van der Waals surface area contributed by atoms with Crippen molar-refractivity contribution in [1.82, 2.24) is 10.2 Å². The Labute approximate surface area is 102 Å².